The van der Waals surface area contributed by atoms with Crippen molar-refractivity contribution >= 4 is 81.7 Å². The molecule has 0 aliphatic rings. The van der Waals surface area contributed by atoms with E-state index in [4.69, 9.17) is 0 Å². The van der Waals surface area contributed by atoms with Crippen molar-refractivity contribution in [1.82, 2.24) is 8.12 Å². The first-order valence-electron chi connectivity index (χ1n) is 10.2. The second kappa shape index (κ2) is 5.67. The average Bonchev–Trinajstić information content (AvgIpc) is 3.26. The van der Waals surface area contributed by atoms with Gasteiger partial charge in [-0.05, 0) is 28.3 Å². The predicted octanol–water partition coefficient (Wildman–Crippen LogP) is 6.68. The number of hydrogen-bond donors (Lipinski definition) is 0. The fraction of sp³-hybridized carbons (Fsp3) is 0.0370. The van der Waals surface area contributed by atoms with E-state index >= 15 is 0 Å². The summed E-state index contributed by atoms with van der Waals surface area (Å²) in [6.07, 6.45) is 0. The molecule has 5 aromatic carbocycles. The summed E-state index contributed by atoms with van der Waals surface area (Å²) in [5.74, 6) is 0. The Morgan fingerprint density at radius 3 is 1.93 bits per heavy atom. The standard InChI is InChI=1S/C27H17N2.Al/c1-29-26-19-9-5-3-7-17(19)10-12-20(26)21-13-15-23-25(27(21)29)24-18-8-4-2-6-16(18)11-14-22(24)28-23;/h2-15H,1H3;/q-1;+1. The van der Waals surface area contributed by atoms with Gasteiger partial charge in [0.25, 0.3) is 0 Å². The predicted molar refractivity (Wildman–Crippen MR) is 130 cm³/mol. The van der Waals surface area contributed by atoms with Gasteiger partial charge in [0, 0.05) is 45.0 Å². The lowest BCUT2D eigenvalue weighted by Crippen LogP contribution is -1.91. The van der Waals surface area contributed by atoms with E-state index < -0.39 is 0 Å². The van der Waals surface area contributed by atoms with Crippen molar-refractivity contribution in [3.8, 4) is 0 Å². The first-order chi connectivity index (χ1) is 14.7. The van der Waals surface area contributed by atoms with E-state index in [1.807, 2.05) is 0 Å². The van der Waals surface area contributed by atoms with Crippen LogP contribution in [-0.2, 0) is 7.05 Å². The van der Waals surface area contributed by atoms with Crippen molar-refractivity contribution in [3.05, 3.63) is 84.9 Å². The molecule has 0 fully saturated rings. The molecule has 30 heavy (non-hydrogen) atoms. The number of aromatic nitrogens is 2. The van der Waals surface area contributed by atoms with Crippen LogP contribution in [0, 0.1) is 0 Å². The van der Waals surface area contributed by atoms with Crippen LogP contribution in [0.4, 0.5) is 0 Å². The molecule has 0 unspecified atom stereocenters. The van der Waals surface area contributed by atoms with Crippen LogP contribution in [0.1, 0.15) is 0 Å². The van der Waals surface area contributed by atoms with Gasteiger partial charge in [0.15, 0.2) is 0 Å². The van der Waals surface area contributed by atoms with Gasteiger partial charge in [0.1, 0.15) is 0 Å². The molecule has 138 valence electrons. The van der Waals surface area contributed by atoms with Gasteiger partial charge in [-0.1, -0.05) is 72.8 Å². The lowest BCUT2D eigenvalue weighted by Gasteiger charge is -2.05. The quantitative estimate of drug-likeness (QED) is 0.253. The molecule has 0 spiro atoms. The molecular formula is C27H17AlN2. The highest BCUT2D eigenvalue weighted by atomic mass is 27.1. The third-order valence-electron chi connectivity index (χ3n) is 6.69. The van der Waals surface area contributed by atoms with Crippen LogP contribution < -0.4 is 0 Å². The summed E-state index contributed by atoms with van der Waals surface area (Å²) < 4.78 is 4.66. The van der Waals surface area contributed by atoms with E-state index in [1.54, 1.807) is 0 Å². The van der Waals surface area contributed by atoms with Gasteiger partial charge in [0.2, 0.25) is 0 Å². The Bertz CT molecular complexity index is 1820. The van der Waals surface area contributed by atoms with Gasteiger partial charge in [-0.25, -0.2) is 0 Å². The van der Waals surface area contributed by atoms with E-state index in [9.17, 15) is 0 Å². The summed E-state index contributed by atoms with van der Waals surface area (Å²) in [7, 11) is 2.22. The Morgan fingerprint density at radius 1 is 0.533 bits per heavy atom. The van der Waals surface area contributed by atoms with Gasteiger partial charge in [-0.2, -0.15) is 0 Å². The van der Waals surface area contributed by atoms with E-state index in [0.29, 0.717) is 0 Å². The van der Waals surface area contributed by atoms with E-state index in [1.165, 1.54) is 65.2 Å². The van der Waals surface area contributed by atoms with Gasteiger partial charge >= 0.3 is 16.5 Å². The number of rotatable bonds is 0. The minimum absolute atomic E-state index is 1.24. The molecule has 3 heteroatoms. The third kappa shape index (κ3) is 1.90. The molecule has 2 aromatic heterocycles. The monoisotopic (exact) mass is 396 g/mol. The van der Waals surface area contributed by atoms with Gasteiger partial charge in [0.05, 0.1) is 11.0 Å². The number of fused-ring (bicyclic) bond motifs is 11. The maximum Gasteiger partial charge on any atom is 0.318 e. The van der Waals surface area contributed by atoms with Crippen molar-refractivity contribution in [1.29, 1.82) is 0 Å². The smallest absolute Gasteiger partial charge is 0.318 e. The van der Waals surface area contributed by atoms with Crippen molar-refractivity contribution in [2.24, 2.45) is 7.05 Å². The second-order valence-corrected chi connectivity index (χ2v) is 8.66. The number of benzene rings is 5. The van der Waals surface area contributed by atoms with Gasteiger partial charge in [-0.15, -0.1) is 0 Å². The summed E-state index contributed by atoms with van der Waals surface area (Å²) in [5.41, 5.74) is 5.10. The second-order valence-electron chi connectivity index (χ2n) is 8.15. The molecule has 0 atom stereocenters. The van der Waals surface area contributed by atoms with Crippen LogP contribution in [-0.4, -0.2) is 24.6 Å². The van der Waals surface area contributed by atoms with Crippen molar-refractivity contribution < 1.29 is 0 Å². The first-order valence-corrected chi connectivity index (χ1v) is 10.8. The van der Waals surface area contributed by atoms with Crippen LogP contribution in [0.2, 0.25) is 0 Å². The Hall–Kier alpha value is -3.25. The zero-order valence-electron chi connectivity index (χ0n) is 16.6. The van der Waals surface area contributed by atoms with Crippen LogP contribution in [0.25, 0.3) is 65.2 Å². The highest BCUT2D eigenvalue weighted by Crippen LogP contribution is 2.42. The van der Waals surface area contributed by atoms with Crippen molar-refractivity contribution in [2.75, 3.05) is 0 Å². The first kappa shape index (κ1) is 16.5. The topological polar surface area (TPSA) is 9.86 Å². The molecule has 0 saturated heterocycles. The molecule has 2 radical (unpaired) electrons. The lowest BCUT2D eigenvalue weighted by atomic mass is 10.0. The summed E-state index contributed by atoms with van der Waals surface area (Å²) in [4.78, 5) is 0. The Kier molecular flexibility index (Phi) is 3.13. The van der Waals surface area contributed by atoms with Crippen LogP contribution in [0.3, 0.4) is 0 Å². The molecule has 0 aliphatic heterocycles. The van der Waals surface area contributed by atoms with Gasteiger partial charge in [-0.3, -0.25) is 0 Å². The van der Waals surface area contributed by atoms with Crippen LogP contribution >= 0.6 is 0 Å². The third-order valence-corrected chi connectivity index (χ3v) is 7.25. The number of nitrogens with zero attached hydrogens (tertiary/aromatic N) is 2. The molecule has 0 saturated carbocycles. The molecule has 0 aliphatic carbocycles. The highest BCUT2D eigenvalue weighted by Gasteiger charge is 2.18. The van der Waals surface area contributed by atoms with E-state index in [0.717, 1.165) is 0 Å². The van der Waals surface area contributed by atoms with Crippen LogP contribution in [0.15, 0.2) is 84.9 Å². The Morgan fingerprint density at radius 2 is 1.10 bits per heavy atom. The van der Waals surface area contributed by atoms with E-state index in [2.05, 4.69) is 117 Å². The van der Waals surface area contributed by atoms with Crippen molar-refractivity contribution in [3.63, 3.8) is 0 Å². The SMILES string of the molecule is Cn1c2c3ccccc3ccc2c2ccc3c(c4c5ccccc5ccc4[n]3[Al])c21. The fourth-order valence-corrected chi connectivity index (χ4v) is 5.82. The summed E-state index contributed by atoms with van der Waals surface area (Å²) in [6, 6.07) is 31.0. The zero-order valence-corrected chi connectivity index (χ0v) is 17.7. The normalized spacial score (nSPS) is 12.3. The molecule has 2 nitrogen and oxygen atoms in total. The largest absolute Gasteiger partial charge is 0.451 e. The van der Waals surface area contributed by atoms with Crippen molar-refractivity contribution in [2.45, 2.75) is 0 Å². The van der Waals surface area contributed by atoms with Gasteiger partial charge < -0.3 is 8.12 Å². The number of aryl methyl sites for hydroxylation is 1. The minimum Gasteiger partial charge on any atom is -0.451 e. The molecule has 7 aromatic rings. The maximum absolute atomic E-state index is 2.92. The summed E-state index contributed by atoms with van der Waals surface area (Å²) >= 11 is 2.92. The molecule has 7 rings (SSSR count). The average molecular weight is 396 g/mol. The van der Waals surface area contributed by atoms with Crippen LogP contribution in [0.5, 0.6) is 0 Å². The fourth-order valence-electron chi connectivity index (χ4n) is 5.39. The summed E-state index contributed by atoms with van der Waals surface area (Å²) in [6.45, 7) is 0. The van der Waals surface area contributed by atoms with E-state index in [-0.39, 0.29) is 0 Å². The molecule has 0 amide bonds. The summed E-state index contributed by atoms with van der Waals surface area (Å²) in [5, 5.41) is 10.5. The Labute approximate surface area is 181 Å². The maximum atomic E-state index is 2.92. The molecule has 2 heterocycles. The Balaban J connectivity index is 1.84. The molecule has 0 N–H and O–H groups in total. The molecular weight excluding hydrogens is 379 g/mol. The lowest BCUT2D eigenvalue weighted by molar-refractivity contribution is 1.02. The zero-order chi connectivity index (χ0) is 20.0. The number of hydrogen-bond acceptors (Lipinski definition) is 0. The minimum atomic E-state index is 1.24. The molecule has 0 bridgehead atoms. The highest BCUT2D eigenvalue weighted by molar-refractivity contribution is 6.35.